The van der Waals surface area contributed by atoms with Crippen LogP contribution in [0.5, 0.6) is 0 Å². The molecule has 1 aromatic heterocycles. The van der Waals surface area contributed by atoms with Crippen molar-refractivity contribution in [1.82, 2.24) is 4.98 Å². The second kappa shape index (κ2) is 4.78. The monoisotopic (exact) mass is 307 g/mol. The smallest absolute Gasteiger partial charge is 0.341 e. The van der Waals surface area contributed by atoms with Crippen molar-refractivity contribution in [2.75, 3.05) is 0 Å². The number of H-pyrrole nitrogens is 1. The molecule has 5 heteroatoms. The lowest BCUT2D eigenvalue weighted by Gasteiger charge is -2.07. The molecule has 2 rings (SSSR count). The fourth-order valence-corrected chi connectivity index (χ4v) is 2.07. The van der Waals surface area contributed by atoms with Crippen LogP contribution in [0.3, 0.4) is 0 Å². The van der Waals surface area contributed by atoms with E-state index in [1.807, 2.05) is 13.0 Å². The van der Waals surface area contributed by atoms with Crippen molar-refractivity contribution in [3.63, 3.8) is 0 Å². The number of pyridine rings is 1. The highest BCUT2D eigenvalue weighted by Crippen LogP contribution is 2.26. The number of aromatic nitrogens is 1. The van der Waals surface area contributed by atoms with E-state index in [-0.39, 0.29) is 5.56 Å². The van der Waals surface area contributed by atoms with Crippen LogP contribution in [0.15, 0.2) is 39.7 Å². The highest BCUT2D eigenvalue weighted by Gasteiger charge is 2.16. The van der Waals surface area contributed by atoms with E-state index in [9.17, 15) is 9.59 Å². The summed E-state index contributed by atoms with van der Waals surface area (Å²) in [4.78, 5) is 25.1. The molecule has 2 aromatic rings. The third-order valence-electron chi connectivity index (χ3n) is 2.66. The molecule has 1 aromatic carbocycles. The fraction of sp³-hybridized carbons (Fsp3) is 0.0769. The quantitative estimate of drug-likeness (QED) is 0.896. The molecule has 0 saturated heterocycles. The van der Waals surface area contributed by atoms with Gasteiger partial charge in [0.05, 0.1) is 0 Å². The van der Waals surface area contributed by atoms with Gasteiger partial charge in [-0.15, -0.1) is 0 Å². The lowest BCUT2D eigenvalue weighted by Crippen LogP contribution is -2.18. The van der Waals surface area contributed by atoms with E-state index < -0.39 is 11.5 Å². The van der Waals surface area contributed by atoms with Gasteiger partial charge >= 0.3 is 5.97 Å². The number of halogens is 1. The molecule has 0 unspecified atom stereocenters. The lowest BCUT2D eigenvalue weighted by atomic mass is 10.0. The van der Waals surface area contributed by atoms with Gasteiger partial charge in [-0.2, -0.15) is 0 Å². The van der Waals surface area contributed by atoms with Crippen molar-refractivity contribution in [3.05, 3.63) is 56.4 Å². The van der Waals surface area contributed by atoms with E-state index in [1.54, 1.807) is 18.2 Å². The van der Waals surface area contributed by atoms with Gasteiger partial charge in [-0.1, -0.05) is 28.1 Å². The molecule has 18 heavy (non-hydrogen) atoms. The maximum Gasteiger partial charge on any atom is 0.341 e. The molecule has 0 aliphatic rings. The van der Waals surface area contributed by atoms with Gasteiger partial charge in [0.15, 0.2) is 0 Å². The zero-order valence-corrected chi connectivity index (χ0v) is 11.1. The van der Waals surface area contributed by atoms with Crippen LogP contribution >= 0.6 is 15.9 Å². The summed E-state index contributed by atoms with van der Waals surface area (Å²) in [6.45, 7) is 1.93. The van der Waals surface area contributed by atoms with Gasteiger partial charge in [-0.05, 0) is 30.2 Å². The number of carboxylic acids is 1. The first-order chi connectivity index (χ1) is 8.50. The number of rotatable bonds is 2. The Kier molecular flexibility index (Phi) is 3.34. The Balaban J connectivity index is 2.71. The maximum absolute atomic E-state index is 11.6. The summed E-state index contributed by atoms with van der Waals surface area (Å²) in [6, 6.07) is 7.05. The van der Waals surface area contributed by atoms with Crippen LogP contribution in [-0.4, -0.2) is 16.1 Å². The topological polar surface area (TPSA) is 70.2 Å². The van der Waals surface area contributed by atoms with Crippen molar-refractivity contribution in [3.8, 4) is 11.1 Å². The second-order valence-corrected chi connectivity index (χ2v) is 4.72. The van der Waals surface area contributed by atoms with Gasteiger partial charge < -0.3 is 10.1 Å². The van der Waals surface area contributed by atoms with Crippen LogP contribution in [-0.2, 0) is 0 Å². The number of hydrogen-bond donors (Lipinski definition) is 2. The number of nitrogens with one attached hydrogen (secondary N) is 1. The first-order valence-electron chi connectivity index (χ1n) is 5.22. The maximum atomic E-state index is 11.6. The van der Waals surface area contributed by atoms with Crippen LogP contribution in [0.2, 0.25) is 0 Å². The van der Waals surface area contributed by atoms with Gasteiger partial charge in [0.1, 0.15) is 5.56 Å². The predicted octanol–water partition coefficient (Wildman–Crippen LogP) is 2.81. The minimum Gasteiger partial charge on any atom is -0.477 e. The number of aryl methyl sites for hydroxylation is 1. The Hall–Kier alpha value is -1.88. The van der Waals surface area contributed by atoms with Crippen molar-refractivity contribution >= 4 is 21.9 Å². The highest BCUT2D eigenvalue weighted by atomic mass is 79.9. The molecule has 1 heterocycles. The number of benzene rings is 1. The average molecular weight is 308 g/mol. The number of aromatic amines is 1. The third kappa shape index (κ3) is 2.22. The number of carbonyl (C=O) groups is 1. The van der Waals surface area contributed by atoms with Crippen molar-refractivity contribution in [2.45, 2.75) is 6.92 Å². The van der Waals surface area contributed by atoms with Crippen LogP contribution in [0.4, 0.5) is 0 Å². The molecule has 0 aliphatic heterocycles. The first kappa shape index (κ1) is 12.6. The summed E-state index contributed by atoms with van der Waals surface area (Å²) in [5, 5.41) is 9.10. The van der Waals surface area contributed by atoms with Crippen LogP contribution in [0, 0.1) is 6.92 Å². The molecule has 92 valence electrons. The van der Waals surface area contributed by atoms with E-state index in [1.165, 1.54) is 6.20 Å². The van der Waals surface area contributed by atoms with Gasteiger partial charge in [-0.25, -0.2) is 4.79 Å². The van der Waals surface area contributed by atoms with Gasteiger partial charge in [0, 0.05) is 16.2 Å². The Labute approximate surface area is 111 Å². The molecule has 0 fully saturated rings. The normalized spacial score (nSPS) is 10.3. The van der Waals surface area contributed by atoms with Crippen molar-refractivity contribution in [1.29, 1.82) is 0 Å². The summed E-state index contributed by atoms with van der Waals surface area (Å²) < 4.78 is 0.872. The SMILES string of the molecule is Cc1ccc(-c2cc[nH]c(=O)c2C(=O)O)cc1Br. The molecule has 0 aliphatic carbocycles. The fourth-order valence-electron chi connectivity index (χ4n) is 1.69. The Bertz CT molecular complexity index is 676. The Morgan fingerprint density at radius 3 is 2.67 bits per heavy atom. The molecule has 4 nitrogen and oxygen atoms in total. The minimum absolute atomic E-state index is 0.242. The summed E-state index contributed by atoms with van der Waals surface area (Å²) in [6.07, 6.45) is 1.44. The van der Waals surface area contributed by atoms with Crippen molar-refractivity contribution < 1.29 is 9.90 Å². The third-order valence-corrected chi connectivity index (χ3v) is 3.51. The minimum atomic E-state index is -1.23. The predicted molar refractivity (Wildman–Crippen MR) is 71.9 cm³/mol. The van der Waals surface area contributed by atoms with Crippen LogP contribution in [0.25, 0.3) is 11.1 Å². The van der Waals surface area contributed by atoms with Gasteiger partial charge in [0.25, 0.3) is 5.56 Å². The second-order valence-electron chi connectivity index (χ2n) is 3.86. The molecule has 0 spiro atoms. The molecule has 0 radical (unpaired) electrons. The summed E-state index contributed by atoms with van der Waals surface area (Å²) in [7, 11) is 0. The lowest BCUT2D eigenvalue weighted by molar-refractivity contribution is 0.0696. The molecular weight excluding hydrogens is 298 g/mol. The van der Waals surface area contributed by atoms with E-state index >= 15 is 0 Å². The zero-order valence-electron chi connectivity index (χ0n) is 9.53. The average Bonchev–Trinajstić information content (AvgIpc) is 2.32. The van der Waals surface area contributed by atoms with Crippen LogP contribution < -0.4 is 5.56 Å². The highest BCUT2D eigenvalue weighted by molar-refractivity contribution is 9.10. The van der Waals surface area contributed by atoms with Crippen molar-refractivity contribution in [2.24, 2.45) is 0 Å². The Morgan fingerprint density at radius 2 is 2.06 bits per heavy atom. The van der Waals surface area contributed by atoms with E-state index in [4.69, 9.17) is 5.11 Å². The van der Waals surface area contributed by atoms with E-state index in [0.717, 1.165) is 10.0 Å². The standard InChI is InChI=1S/C13H10BrNO3/c1-7-2-3-8(6-10(7)14)9-4-5-15-12(16)11(9)13(17)18/h2-6H,1H3,(H,15,16)(H,17,18). The molecule has 0 saturated carbocycles. The first-order valence-corrected chi connectivity index (χ1v) is 6.01. The summed E-state index contributed by atoms with van der Waals surface area (Å²) in [5.41, 5.74) is 1.30. The largest absolute Gasteiger partial charge is 0.477 e. The Morgan fingerprint density at radius 1 is 1.33 bits per heavy atom. The molecule has 0 bridgehead atoms. The number of carboxylic acid groups (broad SMARTS) is 1. The van der Waals surface area contributed by atoms with Gasteiger partial charge in [-0.3, -0.25) is 4.79 Å². The number of hydrogen-bond acceptors (Lipinski definition) is 2. The van der Waals surface area contributed by atoms with Crippen LogP contribution in [0.1, 0.15) is 15.9 Å². The van der Waals surface area contributed by atoms with E-state index in [2.05, 4.69) is 20.9 Å². The summed E-state index contributed by atoms with van der Waals surface area (Å²) in [5.74, 6) is -1.23. The molecular formula is C13H10BrNO3. The molecule has 0 amide bonds. The van der Waals surface area contributed by atoms with E-state index in [0.29, 0.717) is 11.1 Å². The van der Waals surface area contributed by atoms with Gasteiger partial charge in [0.2, 0.25) is 0 Å². The molecule has 0 atom stereocenters. The molecule has 2 N–H and O–H groups in total. The number of aromatic carboxylic acids is 1. The zero-order chi connectivity index (χ0) is 13.3. The summed E-state index contributed by atoms with van der Waals surface area (Å²) >= 11 is 3.39.